The molecule has 22 heavy (non-hydrogen) atoms. The number of pyridine rings is 1. The number of hydrogen-bond acceptors (Lipinski definition) is 4. The predicted molar refractivity (Wildman–Crippen MR) is 88.1 cm³/mol. The maximum atomic E-state index is 12.1. The van der Waals surface area contributed by atoms with Crippen molar-refractivity contribution in [2.24, 2.45) is 0 Å². The van der Waals surface area contributed by atoms with E-state index in [2.05, 4.69) is 32.6 Å². The Kier molecular flexibility index (Phi) is 4.39. The molecular weight excluding hydrogens is 296 g/mol. The van der Waals surface area contributed by atoms with Crippen LogP contribution < -0.4 is 5.32 Å². The first-order valence-corrected chi connectivity index (χ1v) is 8.20. The molecule has 2 N–H and O–H groups in total. The van der Waals surface area contributed by atoms with Crippen LogP contribution in [-0.4, -0.2) is 33.9 Å². The average Bonchev–Trinajstić information content (AvgIpc) is 3.02. The Labute approximate surface area is 132 Å². The molecule has 6 heteroatoms. The standard InChI is InChI=1S/C16H16N4OS/c1-22-15-4-2-3-13(19-15)16(21)17-8-7-11-5-6-12-10-18-20-14(12)9-11/h2-6,9-10H,7-8H2,1H3,(H,17,21)(H,18,20). The van der Waals surface area contributed by atoms with E-state index in [4.69, 9.17) is 0 Å². The Morgan fingerprint density at radius 1 is 1.32 bits per heavy atom. The van der Waals surface area contributed by atoms with Crippen LogP contribution in [-0.2, 0) is 6.42 Å². The first kappa shape index (κ1) is 14.6. The summed E-state index contributed by atoms with van der Waals surface area (Å²) in [4.78, 5) is 16.4. The van der Waals surface area contributed by atoms with Crippen LogP contribution in [0.25, 0.3) is 10.9 Å². The lowest BCUT2D eigenvalue weighted by Crippen LogP contribution is -2.26. The van der Waals surface area contributed by atoms with Gasteiger partial charge in [-0.3, -0.25) is 9.89 Å². The third-order valence-electron chi connectivity index (χ3n) is 3.37. The molecule has 0 fully saturated rings. The number of thioether (sulfide) groups is 1. The predicted octanol–water partition coefficient (Wildman–Crippen LogP) is 2.65. The SMILES string of the molecule is CSc1cccc(C(=O)NCCc2ccc3cn[nH]c3c2)n1. The molecule has 0 saturated carbocycles. The van der Waals surface area contributed by atoms with Crippen molar-refractivity contribution in [2.45, 2.75) is 11.4 Å². The van der Waals surface area contributed by atoms with Crippen molar-refractivity contribution in [1.29, 1.82) is 0 Å². The first-order chi connectivity index (χ1) is 10.8. The summed E-state index contributed by atoms with van der Waals surface area (Å²) in [7, 11) is 0. The summed E-state index contributed by atoms with van der Waals surface area (Å²) >= 11 is 1.52. The van der Waals surface area contributed by atoms with Gasteiger partial charge in [-0.15, -0.1) is 11.8 Å². The van der Waals surface area contributed by atoms with Crippen LogP contribution in [0.15, 0.2) is 47.6 Å². The number of benzene rings is 1. The first-order valence-electron chi connectivity index (χ1n) is 6.97. The molecule has 0 atom stereocenters. The number of H-pyrrole nitrogens is 1. The van der Waals surface area contributed by atoms with E-state index in [1.54, 1.807) is 12.3 Å². The quantitative estimate of drug-likeness (QED) is 0.711. The number of amides is 1. The number of rotatable bonds is 5. The summed E-state index contributed by atoms with van der Waals surface area (Å²) in [5.41, 5.74) is 2.62. The largest absolute Gasteiger partial charge is 0.350 e. The fraction of sp³-hybridized carbons (Fsp3) is 0.188. The third-order valence-corrected chi connectivity index (χ3v) is 4.02. The summed E-state index contributed by atoms with van der Waals surface area (Å²) in [6.45, 7) is 0.573. The Bertz CT molecular complexity index is 799. The van der Waals surface area contributed by atoms with Gasteiger partial charge >= 0.3 is 0 Å². The molecule has 5 nitrogen and oxygen atoms in total. The highest BCUT2D eigenvalue weighted by atomic mass is 32.2. The molecular formula is C16H16N4OS. The van der Waals surface area contributed by atoms with E-state index in [1.807, 2.05) is 24.5 Å². The minimum atomic E-state index is -0.140. The van der Waals surface area contributed by atoms with Gasteiger partial charge in [0.1, 0.15) is 5.69 Å². The summed E-state index contributed by atoms with van der Waals surface area (Å²) < 4.78 is 0. The van der Waals surface area contributed by atoms with Gasteiger partial charge < -0.3 is 5.32 Å². The zero-order valence-electron chi connectivity index (χ0n) is 12.2. The van der Waals surface area contributed by atoms with E-state index in [0.29, 0.717) is 12.2 Å². The molecule has 2 heterocycles. The monoisotopic (exact) mass is 312 g/mol. The number of aromatic amines is 1. The normalized spacial score (nSPS) is 10.8. The number of aromatic nitrogens is 3. The fourth-order valence-corrected chi connectivity index (χ4v) is 2.61. The lowest BCUT2D eigenvalue weighted by atomic mass is 10.1. The van der Waals surface area contributed by atoms with Gasteiger partial charge in [0.15, 0.2) is 0 Å². The number of nitrogens with one attached hydrogen (secondary N) is 2. The van der Waals surface area contributed by atoms with Crippen molar-refractivity contribution in [2.75, 3.05) is 12.8 Å². The van der Waals surface area contributed by atoms with Gasteiger partial charge in [-0.2, -0.15) is 5.10 Å². The van der Waals surface area contributed by atoms with Crippen LogP contribution in [0.2, 0.25) is 0 Å². The second-order valence-corrected chi connectivity index (χ2v) is 5.69. The van der Waals surface area contributed by atoms with Crippen molar-refractivity contribution in [3.63, 3.8) is 0 Å². The summed E-state index contributed by atoms with van der Waals surface area (Å²) in [6, 6.07) is 11.6. The molecule has 3 rings (SSSR count). The van der Waals surface area contributed by atoms with Crippen molar-refractivity contribution in [1.82, 2.24) is 20.5 Å². The molecule has 1 aromatic carbocycles. The zero-order valence-corrected chi connectivity index (χ0v) is 13.0. The van der Waals surface area contributed by atoms with Crippen LogP contribution in [0.3, 0.4) is 0 Å². The number of nitrogens with zero attached hydrogens (tertiary/aromatic N) is 2. The van der Waals surface area contributed by atoms with Crippen LogP contribution in [0, 0.1) is 0 Å². The fourth-order valence-electron chi connectivity index (χ4n) is 2.21. The van der Waals surface area contributed by atoms with Crippen molar-refractivity contribution < 1.29 is 4.79 Å². The number of hydrogen-bond donors (Lipinski definition) is 2. The van der Waals surface area contributed by atoms with E-state index in [-0.39, 0.29) is 5.91 Å². The van der Waals surface area contributed by atoms with Crippen LogP contribution in [0.5, 0.6) is 0 Å². The van der Waals surface area contributed by atoms with Gasteiger partial charge in [0, 0.05) is 11.9 Å². The highest BCUT2D eigenvalue weighted by molar-refractivity contribution is 7.98. The van der Waals surface area contributed by atoms with Crippen LogP contribution >= 0.6 is 11.8 Å². The minimum Gasteiger partial charge on any atom is -0.350 e. The lowest BCUT2D eigenvalue weighted by molar-refractivity contribution is 0.0948. The van der Waals surface area contributed by atoms with E-state index < -0.39 is 0 Å². The molecule has 0 aliphatic rings. The topological polar surface area (TPSA) is 70.7 Å². The molecule has 2 aromatic heterocycles. The van der Waals surface area contributed by atoms with Gasteiger partial charge in [0.25, 0.3) is 5.91 Å². The molecule has 0 unspecified atom stereocenters. The second kappa shape index (κ2) is 6.62. The molecule has 1 amide bonds. The van der Waals surface area contributed by atoms with E-state index in [9.17, 15) is 4.79 Å². The Balaban J connectivity index is 1.58. The Hall–Kier alpha value is -2.34. The maximum Gasteiger partial charge on any atom is 0.269 e. The smallest absolute Gasteiger partial charge is 0.269 e. The molecule has 0 saturated heterocycles. The van der Waals surface area contributed by atoms with Crippen LogP contribution in [0.4, 0.5) is 0 Å². The molecule has 0 spiro atoms. The van der Waals surface area contributed by atoms with Gasteiger partial charge in [-0.1, -0.05) is 18.2 Å². The van der Waals surface area contributed by atoms with Crippen molar-refractivity contribution >= 4 is 28.6 Å². The highest BCUT2D eigenvalue weighted by Crippen LogP contribution is 2.13. The van der Waals surface area contributed by atoms with E-state index >= 15 is 0 Å². The molecule has 3 aromatic rings. The summed E-state index contributed by atoms with van der Waals surface area (Å²) in [6.07, 6.45) is 4.50. The maximum absolute atomic E-state index is 12.1. The summed E-state index contributed by atoms with van der Waals surface area (Å²) in [5.74, 6) is -0.140. The van der Waals surface area contributed by atoms with Gasteiger partial charge in [0.05, 0.1) is 16.7 Å². The van der Waals surface area contributed by atoms with Gasteiger partial charge in [-0.25, -0.2) is 4.98 Å². The van der Waals surface area contributed by atoms with E-state index in [0.717, 1.165) is 27.9 Å². The Morgan fingerprint density at radius 3 is 3.09 bits per heavy atom. The minimum absolute atomic E-state index is 0.140. The molecule has 0 aliphatic heterocycles. The number of carbonyl (C=O) groups excluding carboxylic acids is 1. The third kappa shape index (κ3) is 3.28. The molecule has 112 valence electrons. The number of fused-ring (bicyclic) bond motifs is 1. The average molecular weight is 312 g/mol. The molecule has 0 aliphatic carbocycles. The van der Waals surface area contributed by atoms with E-state index in [1.165, 1.54) is 11.8 Å². The number of carbonyl (C=O) groups is 1. The lowest BCUT2D eigenvalue weighted by Gasteiger charge is -2.06. The van der Waals surface area contributed by atoms with Gasteiger partial charge in [0.2, 0.25) is 0 Å². The Morgan fingerprint density at radius 2 is 2.23 bits per heavy atom. The summed E-state index contributed by atoms with van der Waals surface area (Å²) in [5, 5.41) is 11.8. The second-order valence-electron chi connectivity index (χ2n) is 4.86. The molecule has 0 bridgehead atoms. The van der Waals surface area contributed by atoms with Gasteiger partial charge in [-0.05, 0) is 36.4 Å². The highest BCUT2D eigenvalue weighted by Gasteiger charge is 2.07. The van der Waals surface area contributed by atoms with Crippen molar-refractivity contribution in [3.8, 4) is 0 Å². The van der Waals surface area contributed by atoms with Crippen LogP contribution in [0.1, 0.15) is 16.1 Å². The van der Waals surface area contributed by atoms with Crippen molar-refractivity contribution in [3.05, 3.63) is 53.9 Å². The zero-order chi connectivity index (χ0) is 15.4. The molecule has 0 radical (unpaired) electrons.